The van der Waals surface area contributed by atoms with Crippen molar-refractivity contribution in [3.63, 3.8) is 0 Å². The number of nitrogens with one attached hydrogen (secondary N) is 1. The van der Waals surface area contributed by atoms with E-state index in [1.54, 1.807) is 11.3 Å². The van der Waals surface area contributed by atoms with Crippen LogP contribution >= 0.6 is 11.3 Å². The highest BCUT2D eigenvalue weighted by atomic mass is 32.1. The first kappa shape index (κ1) is 11.2. The molecule has 2 heterocycles. The summed E-state index contributed by atoms with van der Waals surface area (Å²) < 4.78 is 0. The predicted molar refractivity (Wildman–Crippen MR) is 78.1 cm³/mol. The van der Waals surface area contributed by atoms with Gasteiger partial charge in [-0.25, -0.2) is 0 Å². The van der Waals surface area contributed by atoms with Gasteiger partial charge in [0.25, 0.3) is 0 Å². The molecular formula is C15H14N2S. The quantitative estimate of drug-likeness (QED) is 0.746. The Kier molecular flexibility index (Phi) is 2.99. The summed E-state index contributed by atoms with van der Waals surface area (Å²) in [4.78, 5) is 5.72. The summed E-state index contributed by atoms with van der Waals surface area (Å²) >= 11 is 1.78. The molecule has 0 bridgehead atoms. The number of aromatic nitrogens is 1. The first-order chi connectivity index (χ1) is 8.84. The van der Waals surface area contributed by atoms with E-state index in [9.17, 15) is 0 Å². The van der Waals surface area contributed by atoms with Crippen molar-refractivity contribution in [2.75, 3.05) is 5.32 Å². The number of hydrogen-bond acceptors (Lipinski definition) is 3. The van der Waals surface area contributed by atoms with Crippen LogP contribution < -0.4 is 5.32 Å². The fourth-order valence-corrected chi connectivity index (χ4v) is 2.81. The van der Waals surface area contributed by atoms with Crippen LogP contribution in [0.4, 0.5) is 5.69 Å². The Balaban J connectivity index is 1.95. The van der Waals surface area contributed by atoms with E-state index in [4.69, 9.17) is 0 Å². The Morgan fingerprint density at radius 3 is 2.89 bits per heavy atom. The lowest BCUT2D eigenvalue weighted by Crippen LogP contribution is -2.05. The van der Waals surface area contributed by atoms with Crippen molar-refractivity contribution in [3.8, 4) is 0 Å². The van der Waals surface area contributed by atoms with Gasteiger partial charge in [0.05, 0.1) is 11.6 Å². The Bertz CT molecular complexity index is 641. The maximum Gasteiger partial charge on any atom is 0.0722 e. The molecule has 0 saturated carbocycles. The van der Waals surface area contributed by atoms with E-state index in [0.29, 0.717) is 6.04 Å². The van der Waals surface area contributed by atoms with Crippen molar-refractivity contribution >= 4 is 27.9 Å². The number of thiophene rings is 1. The second kappa shape index (κ2) is 4.78. The zero-order valence-electron chi connectivity index (χ0n) is 10.1. The number of hydrogen-bond donors (Lipinski definition) is 1. The van der Waals surface area contributed by atoms with E-state index in [-0.39, 0.29) is 0 Å². The molecule has 18 heavy (non-hydrogen) atoms. The van der Waals surface area contributed by atoms with Gasteiger partial charge in [-0.1, -0.05) is 12.1 Å². The van der Waals surface area contributed by atoms with Gasteiger partial charge in [-0.05, 0) is 42.6 Å². The Hall–Kier alpha value is -1.87. The molecule has 1 unspecified atom stereocenters. The molecule has 3 rings (SSSR count). The molecule has 0 aliphatic carbocycles. The van der Waals surface area contributed by atoms with Crippen molar-refractivity contribution in [1.29, 1.82) is 0 Å². The molecule has 0 spiro atoms. The Labute approximate surface area is 110 Å². The first-order valence-electron chi connectivity index (χ1n) is 5.98. The highest BCUT2D eigenvalue weighted by molar-refractivity contribution is 7.10. The summed E-state index contributed by atoms with van der Waals surface area (Å²) in [5, 5.41) is 6.84. The van der Waals surface area contributed by atoms with Crippen LogP contribution in [0.25, 0.3) is 10.9 Å². The number of anilines is 1. The third kappa shape index (κ3) is 2.09. The van der Waals surface area contributed by atoms with E-state index in [1.165, 1.54) is 10.3 Å². The van der Waals surface area contributed by atoms with Gasteiger partial charge in [0.1, 0.15) is 0 Å². The largest absolute Gasteiger partial charge is 0.377 e. The van der Waals surface area contributed by atoms with Crippen LogP contribution in [0.3, 0.4) is 0 Å². The summed E-state index contributed by atoms with van der Waals surface area (Å²) in [5.41, 5.74) is 2.17. The maximum absolute atomic E-state index is 4.37. The smallest absolute Gasteiger partial charge is 0.0722 e. The average Bonchev–Trinajstić information content (AvgIpc) is 2.93. The molecule has 0 saturated heterocycles. The lowest BCUT2D eigenvalue weighted by Gasteiger charge is -2.15. The van der Waals surface area contributed by atoms with Crippen LogP contribution in [0.15, 0.2) is 54.0 Å². The second-order valence-electron chi connectivity index (χ2n) is 4.26. The summed E-state index contributed by atoms with van der Waals surface area (Å²) in [7, 11) is 0. The molecule has 0 radical (unpaired) electrons. The minimum Gasteiger partial charge on any atom is -0.377 e. The van der Waals surface area contributed by atoms with Gasteiger partial charge >= 0.3 is 0 Å². The van der Waals surface area contributed by atoms with Crippen LogP contribution in [-0.2, 0) is 0 Å². The van der Waals surface area contributed by atoms with E-state index in [0.717, 1.165) is 11.2 Å². The predicted octanol–water partition coefficient (Wildman–Crippen LogP) is 4.47. The fraction of sp³-hybridized carbons (Fsp3) is 0.133. The minimum absolute atomic E-state index is 0.316. The molecule has 3 aromatic rings. The van der Waals surface area contributed by atoms with Gasteiger partial charge < -0.3 is 5.32 Å². The van der Waals surface area contributed by atoms with Crippen molar-refractivity contribution in [2.45, 2.75) is 13.0 Å². The van der Waals surface area contributed by atoms with Gasteiger partial charge in [-0.3, -0.25) is 4.98 Å². The van der Waals surface area contributed by atoms with Gasteiger partial charge in [-0.15, -0.1) is 11.3 Å². The minimum atomic E-state index is 0.316. The topological polar surface area (TPSA) is 24.9 Å². The molecule has 90 valence electrons. The van der Waals surface area contributed by atoms with Gasteiger partial charge in [-0.2, -0.15) is 0 Å². The molecule has 0 aliphatic rings. The van der Waals surface area contributed by atoms with Gasteiger partial charge in [0.2, 0.25) is 0 Å². The molecule has 3 heteroatoms. The monoisotopic (exact) mass is 254 g/mol. The number of rotatable bonds is 3. The molecule has 0 aliphatic heterocycles. The zero-order chi connectivity index (χ0) is 12.4. The molecule has 0 amide bonds. The number of pyridine rings is 1. The summed E-state index contributed by atoms with van der Waals surface area (Å²) in [5.74, 6) is 0. The average molecular weight is 254 g/mol. The van der Waals surface area contributed by atoms with Crippen molar-refractivity contribution < 1.29 is 0 Å². The van der Waals surface area contributed by atoms with Crippen LogP contribution in [0.2, 0.25) is 0 Å². The zero-order valence-corrected chi connectivity index (χ0v) is 10.9. The summed E-state index contributed by atoms with van der Waals surface area (Å²) in [6, 6.07) is 14.8. The van der Waals surface area contributed by atoms with Crippen LogP contribution in [-0.4, -0.2) is 4.98 Å². The van der Waals surface area contributed by atoms with Crippen molar-refractivity contribution in [1.82, 2.24) is 4.98 Å². The van der Waals surface area contributed by atoms with Crippen molar-refractivity contribution in [2.24, 2.45) is 0 Å². The Morgan fingerprint density at radius 2 is 2.06 bits per heavy atom. The third-order valence-corrected chi connectivity index (χ3v) is 4.04. The van der Waals surface area contributed by atoms with Crippen LogP contribution in [0.1, 0.15) is 17.8 Å². The van der Waals surface area contributed by atoms with Gasteiger partial charge in [0.15, 0.2) is 0 Å². The molecule has 2 nitrogen and oxygen atoms in total. The Morgan fingerprint density at radius 1 is 1.11 bits per heavy atom. The molecular weight excluding hydrogens is 240 g/mol. The van der Waals surface area contributed by atoms with Crippen molar-refractivity contribution in [3.05, 3.63) is 58.9 Å². The fourth-order valence-electron chi connectivity index (χ4n) is 2.07. The number of fused-ring (bicyclic) bond motifs is 1. The summed E-state index contributed by atoms with van der Waals surface area (Å²) in [6.07, 6.45) is 1.83. The van der Waals surface area contributed by atoms with Gasteiger partial charge in [0, 0.05) is 22.1 Å². The number of benzene rings is 1. The molecule has 0 fully saturated rings. The summed E-state index contributed by atoms with van der Waals surface area (Å²) in [6.45, 7) is 2.18. The highest BCUT2D eigenvalue weighted by Gasteiger charge is 2.08. The normalized spacial score (nSPS) is 12.5. The molecule has 1 N–H and O–H groups in total. The second-order valence-corrected chi connectivity index (χ2v) is 5.24. The first-order valence-corrected chi connectivity index (χ1v) is 6.86. The standard InChI is InChI=1S/C15H14N2S/c1-11(15-8-4-10-18-15)17-14-7-2-6-13-12(14)5-3-9-16-13/h2-11,17H,1H3. The molecule has 1 atom stereocenters. The third-order valence-electron chi connectivity index (χ3n) is 2.99. The lowest BCUT2D eigenvalue weighted by molar-refractivity contribution is 0.910. The van der Waals surface area contributed by atoms with E-state index in [1.807, 2.05) is 24.4 Å². The number of nitrogens with zero attached hydrogens (tertiary/aromatic N) is 1. The van der Waals surface area contributed by atoms with E-state index in [2.05, 4.69) is 46.9 Å². The highest BCUT2D eigenvalue weighted by Crippen LogP contribution is 2.27. The van der Waals surface area contributed by atoms with E-state index >= 15 is 0 Å². The molecule has 1 aromatic carbocycles. The lowest BCUT2D eigenvalue weighted by atomic mass is 10.1. The molecule has 2 aromatic heterocycles. The van der Waals surface area contributed by atoms with Crippen LogP contribution in [0, 0.1) is 0 Å². The van der Waals surface area contributed by atoms with E-state index < -0.39 is 0 Å². The maximum atomic E-state index is 4.37. The van der Waals surface area contributed by atoms with Crippen LogP contribution in [0.5, 0.6) is 0 Å². The SMILES string of the molecule is CC(Nc1cccc2ncccc12)c1cccs1.